The molecule has 0 amide bonds. The molecule has 1 heterocycles. The Labute approximate surface area is 234 Å². The first-order valence-electron chi connectivity index (χ1n) is 13.2. The highest BCUT2D eigenvalue weighted by Gasteiger charge is 2.48. The smallest absolute Gasteiger partial charge is 0.137 e. The standard InChI is InChI=1S/C33H34O5S/c34-21-29-30(35-22-25-13-5-1-6-14-25)31(36-23-26-15-7-2-8-16-26)32(37-24-27-17-9-3-10-18-27)33(38-29)39-28-19-11-4-12-20-28/h1-20,29-34H,21-24H2/t29-,30-,31+,32+,33+/m1/s1. The molecular formula is C33H34O5S. The number of thioether (sulfide) groups is 1. The van der Waals surface area contributed by atoms with Gasteiger partial charge in [-0.2, -0.15) is 0 Å². The average molecular weight is 543 g/mol. The summed E-state index contributed by atoms with van der Waals surface area (Å²) < 4.78 is 26.2. The Hall–Kier alpha value is -2.97. The topological polar surface area (TPSA) is 57.2 Å². The highest BCUT2D eigenvalue weighted by molar-refractivity contribution is 7.99. The molecule has 5 nitrogen and oxygen atoms in total. The molecule has 0 aromatic heterocycles. The molecule has 1 aliphatic rings. The fourth-order valence-electron chi connectivity index (χ4n) is 4.62. The number of rotatable bonds is 12. The lowest BCUT2D eigenvalue weighted by Crippen LogP contribution is -2.60. The fourth-order valence-corrected chi connectivity index (χ4v) is 5.77. The third-order valence-corrected chi connectivity index (χ3v) is 7.78. The van der Waals surface area contributed by atoms with E-state index in [2.05, 4.69) is 0 Å². The Balaban J connectivity index is 1.44. The van der Waals surface area contributed by atoms with Crippen molar-refractivity contribution in [3.05, 3.63) is 138 Å². The maximum atomic E-state index is 10.4. The Kier molecular flexibility index (Phi) is 10.2. The van der Waals surface area contributed by atoms with Crippen LogP contribution in [0.15, 0.2) is 126 Å². The summed E-state index contributed by atoms with van der Waals surface area (Å²) in [6.45, 7) is 0.976. The lowest BCUT2D eigenvalue weighted by Gasteiger charge is -2.45. The van der Waals surface area contributed by atoms with E-state index in [-0.39, 0.29) is 6.61 Å². The van der Waals surface area contributed by atoms with E-state index in [1.54, 1.807) is 11.8 Å². The predicted molar refractivity (Wildman–Crippen MR) is 153 cm³/mol. The lowest BCUT2D eigenvalue weighted by molar-refractivity contribution is -0.251. The van der Waals surface area contributed by atoms with E-state index >= 15 is 0 Å². The van der Waals surface area contributed by atoms with E-state index in [9.17, 15) is 5.11 Å². The molecule has 0 bridgehead atoms. The van der Waals surface area contributed by atoms with Gasteiger partial charge in [0.15, 0.2) is 0 Å². The van der Waals surface area contributed by atoms with E-state index in [1.807, 2.05) is 121 Å². The van der Waals surface area contributed by atoms with E-state index in [0.29, 0.717) is 19.8 Å². The van der Waals surface area contributed by atoms with Gasteiger partial charge in [0.1, 0.15) is 29.9 Å². The maximum Gasteiger partial charge on any atom is 0.137 e. The van der Waals surface area contributed by atoms with Gasteiger partial charge in [-0.3, -0.25) is 0 Å². The monoisotopic (exact) mass is 542 g/mol. The molecule has 4 aromatic rings. The molecule has 202 valence electrons. The van der Waals surface area contributed by atoms with Gasteiger partial charge in [-0.15, -0.1) is 0 Å². The van der Waals surface area contributed by atoms with Gasteiger partial charge in [0, 0.05) is 4.90 Å². The third-order valence-electron chi connectivity index (χ3n) is 6.62. The second kappa shape index (κ2) is 14.4. The van der Waals surface area contributed by atoms with Crippen molar-refractivity contribution in [3.8, 4) is 0 Å². The highest BCUT2D eigenvalue weighted by atomic mass is 32.2. The fraction of sp³-hybridized carbons (Fsp3) is 0.273. The quantitative estimate of drug-likeness (QED) is 0.228. The molecule has 39 heavy (non-hydrogen) atoms. The van der Waals surface area contributed by atoms with Gasteiger partial charge in [0.05, 0.1) is 26.4 Å². The molecule has 0 spiro atoms. The second-order valence-electron chi connectivity index (χ2n) is 9.44. The number of ether oxygens (including phenoxy) is 4. The SMILES string of the molecule is OC[C@H]1O[C@@H](Sc2ccccc2)[C@@H](OCc2ccccc2)[C@@H](OCc2ccccc2)[C@@H]1OCc1ccccc1. The van der Waals surface area contributed by atoms with Gasteiger partial charge >= 0.3 is 0 Å². The number of aliphatic hydroxyl groups is 1. The molecule has 5 atom stereocenters. The zero-order valence-corrected chi connectivity index (χ0v) is 22.6. The molecule has 5 rings (SSSR count). The van der Waals surface area contributed by atoms with Gasteiger partial charge in [0.2, 0.25) is 0 Å². The van der Waals surface area contributed by atoms with Crippen LogP contribution >= 0.6 is 11.8 Å². The minimum Gasteiger partial charge on any atom is -0.394 e. The number of hydrogen-bond donors (Lipinski definition) is 1. The first-order valence-corrected chi connectivity index (χ1v) is 14.1. The Morgan fingerprint density at radius 2 is 0.949 bits per heavy atom. The molecule has 1 N–H and O–H groups in total. The molecule has 1 saturated heterocycles. The van der Waals surface area contributed by atoms with Gasteiger partial charge in [-0.05, 0) is 28.8 Å². The van der Waals surface area contributed by atoms with Crippen molar-refractivity contribution in [2.75, 3.05) is 6.61 Å². The van der Waals surface area contributed by atoms with Crippen molar-refractivity contribution in [1.29, 1.82) is 0 Å². The second-order valence-corrected chi connectivity index (χ2v) is 10.6. The van der Waals surface area contributed by atoms with Crippen LogP contribution in [0.2, 0.25) is 0 Å². The lowest BCUT2D eigenvalue weighted by atomic mass is 9.99. The summed E-state index contributed by atoms with van der Waals surface area (Å²) in [6, 6.07) is 40.3. The summed E-state index contributed by atoms with van der Waals surface area (Å²) in [5.74, 6) is 0. The van der Waals surface area contributed by atoms with Crippen molar-refractivity contribution in [2.24, 2.45) is 0 Å². The van der Waals surface area contributed by atoms with Crippen LogP contribution in [0.5, 0.6) is 0 Å². The summed E-state index contributed by atoms with van der Waals surface area (Å²) in [7, 11) is 0. The van der Waals surface area contributed by atoms with E-state index in [4.69, 9.17) is 18.9 Å². The van der Waals surface area contributed by atoms with Crippen molar-refractivity contribution in [1.82, 2.24) is 0 Å². The van der Waals surface area contributed by atoms with E-state index < -0.39 is 29.9 Å². The van der Waals surface area contributed by atoms with E-state index in [1.165, 1.54) is 0 Å². The molecule has 1 fully saturated rings. The predicted octanol–water partition coefficient (Wildman–Crippen LogP) is 6.25. The zero-order chi connectivity index (χ0) is 26.7. The van der Waals surface area contributed by atoms with Gasteiger partial charge in [-0.25, -0.2) is 0 Å². The minimum atomic E-state index is -0.577. The molecule has 0 aliphatic carbocycles. The van der Waals surface area contributed by atoms with Crippen LogP contribution in [0, 0.1) is 0 Å². The molecule has 6 heteroatoms. The Bertz CT molecular complexity index is 1230. The van der Waals surface area contributed by atoms with Crippen LogP contribution in [0.3, 0.4) is 0 Å². The first-order chi connectivity index (χ1) is 19.3. The van der Waals surface area contributed by atoms with Gasteiger partial charge in [0.25, 0.3) is 0 Å². The number of benzene rings is 4. The average Bonchev–Trinajstić information content (AvgIpc) is 3.00. The summed E-state index contributed by atoms with van der Waals surface area (Å²) in [5, 5.41) is 10.4. The maximum absolute atomic E-state index is 10.4. The van der Waals surface area contributed by atoms with Crippen LogP contribution in [0.25, 0.3) is 0 Å². The van der Waals surface area contributed by atoms with Crippen molar-refractivity contribution >= 4 is 11.8 Å². The van der Waals surface area contributed by atoms with E-state index in [0.717, 1.165) is 21.6 Å². The highest BCUT2D eigenvalue weighted by Crippen LogP contribution is 2.38. The van der Waals surface area contributed by atoms with Crippen molar-refractivity contribution < 1.29 is 24.1 Å². The summed E-state index contributed by atoms with van der Waals surface area (Å²) in [6.07, 6.45) is -2.05. The van der Waals surface area contributed by atoms with Crippen LogP contribution in [0.4, 0.5) is 0 Å². The molecular weight excluding hydrogens is 508 g/mol. The van der Waals surface area contributed by atoms with Gasteiger partial charge in [-0.1, -0.05) is 121 Å². The van der Waals surface area contributed by atoms with Crippen LogP contribution < -0.4 is 0 Å². The number of aliphatic hydroxyl groups excluding tert-OH is 1. The minimum absolute atomic E-state index is 0.193. The van der Waals surface area contributed by atoms with Crippen LogP contribution in [-0.2, 0) is 38.8 Å². The van der Waals surface area contributed by atoms with Crippen LogP contribution in [-0.4, -0.2) is 41.6 Å². The van der Waals surface area contributed by atoms with Crippen molar-refractivity contribution in [2.45, 2.75) is 54.6 Å². The summed E-state index contributed by atoms with van der Waals surface area (Å²) >= 11 is 1.57. The van der Waals surface area contributed by atoms with Gasteiger partial charge < -0.3 is 24.1 Å². The normalized spacial score (nSPS) is 22.9. The molecule has 0 unspecified atom stereocenters. The zero-order valence-electron chi connectivity index (χ0n) is 21.8. The Morgan fingerprint density at radius 3 is 1.41 bits per heavy atom. The summed E-state index contributed by atoms with van der Waals surface area (Å²) in [5.41, 5.74) is 2.75. The number of hydrogen-bond acceptors (Lipinski definition) is 6. The molecule has 0 radical (unpaired) electrons. The summed E-state index contributed by atoms with van der Waals surface area (Å²) in [4.78, 5) is 1.05. The Morgan fingerprint density at radius 1 is 0.538 bits per heavy atom. The largest absolute Gasteiger partial charge is 0.394 e. The first kappa shape index (κ1) is 27.6. The molecule has 1 aliphatic heterocycles. The third kappa shape index (κ3) is 7.79. The van der Waals surface area contributed by atoms with Crippen molar-refractivity contribution in [3.63, 3.8) is 0 Å². The van der Waals surface area contributed by atoms with Crippen LogP contribution in [0.1, 0.15) is 16.7 Å². The molecule has 4 aromatic carbocycles. The molecule has 0 saturated carbocycles.